The van der Waals surface area contributed by atoms with Crippen LogP contribution in [0, 0.1) is 0 Å². The number of halogens is 1. The van der Waals surface area contributed by atoms with Crippen LogP contribution in [0.5, 0.6) is 0 Å². The fourth-order valence-electron chi connectivity index (χ4n) is 2.44. The molecule has 0 saturated heterocycles. The summed E-state index contributed by atoms with van der Waals surface area (Å²) in [6.45, 7) is 7.39. The van der Waals surface area contributed by atoms with Crippen molar-refractivity contribution in [1.82, 2.24) is 25.7 Å². The molecule has 0 aliphatic heterocycles. The molecular weight excluding hydrogens is 483 g/mol. The lowest BCUT2D eigenvalue weighted by atomic mass is 10.2. The SMILES string of the molecule is CN=C(NCCCNC(=O)OC(C)(C)C)NCc1cccc(-n2cccn2)c1.I. The van der Waals surface area contributed by atoms with Crippen molar-refractivity contribution in [2.45, 2.75) is 39.3 Å². The number of hydrogen-bond acceptors (Lipinski definition) is 4. The molecule has 8 nitrogen and oxygen atoms in total. The van der Waals surface area contributed by atoms with E-state index in [-0.39, 0.29) is 24.0 Å². The zero-order valence-corrected chi connectivity index (χ0v) is 19.8. The summed E-state index contributed by atoms with van der Waals surface area (Å²) in [6.07, 6.45) is 4.04. The van der Waals surface area contributed by atoms with E-state index in [2.05, 4.69) is 38.2 Å². The highest BCUT2D eigenvalue weighted by Gasteiger charge is 2.15. The molecule has 0 bridgehead atoms. The lowest BCUT2D eigenvalue weighted by Crippen LogP contribution is -2.39. The molecule has 9 heteroatoms. The smallest absolute Gasteiger partial charge is 0.407 e. The van der Waals surface area contributed by atoms with E-state index in [4.69, 9.17) is 4.74 Å². The average Bonchev–Trinajstić information content (AvgIpc) is 3.17. The zero-order valence-electron chi connectivity index (χ0n) is 17.4. The third-order valence-corrected chi connectivity index (χ3v) is 3.68. The van der Waals surface area contributed by atoms with Gasteiger partial charge in [0.05, 0.1) is 5.69 Å². The minimum Gasteiger partial charge on any atom is -0.444 e. The van der Waals surface area contributed by atoms with Gasteiger partial charge in [-0.1, -0.05) is 12.1 Å². The van der Waals surface area contributed by atoms with Crippen LogP contribution in [0.4, 0.5) is 4.79 Å². The van der Waals surface area contributed by atoms with Crippen LogP contribution < -0.4 is 16.0 Å². The second-order valence-corrected chi connectivity index (χ2v) is 7.26. The van der Waals surface area contributed by atoms with Gasteiger partial charge in [0, 0.05) is 39.1 Å². The zero-order chi connectivity index (χ0) is 20.4. The first-order valence-electron chi connectivity index (χ1n) is 9.38. The number of aliphatic imine (C=N–C) groups is 1. The quantitative estimate of drug-likeness (QED) is 0.229. The third-order valence-electron chi connectivity index (χ3n) is 3.68. The molecule has 0 unspecified atom stereocenters. The van der Waals surface area contributed by atoms with Gasteiger partial charge < -0.3 is 20.7 Å². The molecule has 29 heavy (non-hydrogen) atoms. The van der Waals surface area contributed by atoms with E-state index in [1.165, 1.54) is 0 Å². The van der Waals surface area contributed by atoms with Gasteiger partial charge in [0.1, 0.15) is 5.60 Å². The number of benzene rings is 1. The summed E-state index contributed by atoms with van der Waals surface area (Å²) in [5.41, 5.74) is 1.66. The van der Waals surface area contributed by atoms with Gasteiger partial charge in [-0.05, 0) is 51.0 Å². The first-order chi connectivity index (χ1) is 13.4. The number of nitrogens with zero attached hydrogens (tertiary/aromatic N) is 3. The van der Waals surface area contributed by atoms with Gasteiger partial charge in [-0.15, -0.1) is 24.0 Å². The molecule has 2 rings (SSSR count). The van der Waals surface area contributed by atoms with Crippen LogP contribution in [0.1, 0.15) is 32.8 Å². The Labute approximate surface area is 189 Å². The Bertz CT molecular complexity index is 772. The Hall–Kier alpha value is -2.30. The Morgan fingerprint density at radius 1 is 1.17 bits per heavy atom. The summed E-state index contributed by atoms with van der Waals surface area (Å²) in [7, 11) is 1.73. The monoisotopic (exact) mass is 514 g/mol. The molecule has 1 aromatic heterocycles. The maximum atomic E-state index is 11.6. The molecule has 160 valence electrons. The molecule has 0 saturated carbocycles. The van der Waals surface area contributed by atoms with Crippen molar-refractivity contribution in [3.8, 4) is 5.69 Å². The van der Waals surface area contributed by atoms with E-state index in [0.717, 1.165) is 17.7 Å². The van der Waals surface area contributed by atoms with E-state index >= 15 is 0 Å². The number of nitrogens with one attached hydrogen (secondary N) is 3. The summed E-state index contributed by atoms with van der Waals surface area (Å²) >= 11 is 0. The first-order valence-corrected chi connectivity index (χ1v) is 9.38. The van der Waals surface area contributed by atoms with Crippen LogP contribution in [-0.4, -0.2) is 47.6 Å². The summed E-state index contributed by atoms with van der Waals surface area (Å²) in [6, 6.07) is 10.1. The van der Waals surface area contributed by atoms with Crippen molar-refractivity contribution in [1.29, 1.82) is 0 Å². The molecule has 0 aliphatic carbocycles. The Kier molecular flexibility index (Phi) is 10.5. The third kappa shape index (κ3) is 9.64. The fraction of sp³-hybridized carbons (Fsp3) is 0.450. The van der Waals surface area contributed by atoms with Crippen molar-refractivity contribution in [3.05, 3.63) is 48.3 Å². The number of rotatable bonds is 7. The van der Waals surface area contributed by atoms with Gasteiger partial charge in [-0.3, -0.25) is 4.99 Å². The number of guanidine groups is 1. The van der Waals surface area contributed by atoms with Gasteiger partial charge in [-0.25, -0.2) is 9.48 Å². The molecule has 1 heterocycles. The van der Waals surface area contributed by atoms with Gasteiger partial charge in [0.25, 0.3) is 0 Å². The molecule has 0 spiro atoms. The molecule has 2 aromatic rings. The maximum Gasteiger partial charge on any atom is 0.407 e. The summed E-state index contributed by atoms with van der Waals surface area (Å²) in [4.78, 5) is 15.8. The van der Waals surface area contributed by atoms with E-state index in [1.807, 2.05) is 49.8 Å². The number of carbonyl (C=O) groups is 1. The predicted octanol–water partition coefficient (Wildman–Crippen LogP) is 3.07. The highest BCUT2D eigenvalue weighted by molar-refractivity contribution is 14.0. The first kappa shape index (κ1) is 24.7. The number of ether oxygens (including phenoxy) is 1. The molecule has 0 fully saturated rings. The van der Waals surface area contributed by atoms with E-state index in [1.54, 1.807) is 13.2 Å². The second kappa shape index (κ2) is 12.3. The summed E-state index contributed by atoms with van der Waals surface area (Å²) < 4.78 is 7.03. The highest BCUT2D eigenvalue weighted by atomic mass is 127. The van der Waals surface area contributed by atoms with Crippen LogP contribution in [0.15, 0.2) is 47.7 Å². The van der Waals surface area contributed by atoms with Crippen molar-refractivity contribution < 1.29 is 9.53 Å². The van der Waals surface area contributed by atoms with Gasteiger partial charge in [0.15, 0.2) is 5.96 Å². The van der Waals surface area contributed by atoms with Crippen molar-refractivity contribution >= 4 is 36.0 Å². The van der Waals surface area contributed by atoms with Crippen molar-refractivity contribution in [3.63, 3.8) is 0 Å². The minimum atomic E-state index is -0.483. The van der Waals surface area contributed by atoms with Gasteiger partial charge >= 0.3 is 6.09 Å². The van der Waals surface area contributed by atoms with Crippen LogP contribution >= 0.6 is 24.0 Å². The number of amides is 1. The van der Waals surface area contributed by atoms with E-state index < -0.39 is 11.7 Å². The standard InChI is InChI=1S/C20H30N6O2.HI/c1-20(2,3)28-19(27)23-11-6-10-22-18(21-4)24-15-16-8-5-9-17(14-16)26-13-7-12-25-26;/h5,7-9,12-14H,6,10-11,15H2,1-4H3,(H,23,27)(H2,21,22,24);1H. The van der Waals surface area contributed by atoms with Crippen LogP contribution in [0.3, 0.4) is 0 Å². The van der Waals surface area contributed by atoms with Crippen LogP contribution in [-0.2, 0) is 11.3 Å². The Morgan fingerprint density at radius 2 is 1.93 bits per heavy atom. The topological polar surface area (TPSA) is 92.6 Å². The normalized spacial score (nSPS) is 11.4. The number of hydrogen-bond donors (Lipinski definition) is 3. The summed E-state index contributed by atoms with van der Waals surface area (Å²) in [5, 5.41) is 13.5. The van der Waals surface area contributed by atoms with Crippen molar-refractivity contribution in [2.24, 2.45) is 4.99 Å². The molecule has 1 aromatic carbocycles. The number of alkyl carbamates (subject to hydrolysis) is 1. The molecule has 3 N–H and O–H groups in total. The Balaban J connectivity index is 0.00000420. The van der Waals surface area contributed by atoms with Crippen molar-refractivity contribution in [2.75, 3.05) is 20.1 Å². The largest absolute Gasteiger partial charge is 0.444 e. The molecule has 0 aliphatic rings. The fourth-order valence-corrected chi connectivity index (χ4v) is 2.44. The molecule has 0 radical (unpaired) electrons. The predicted molar refractivity (Wildman–Crippen MR) is 126 cm³/mol. The highest BCUT2D eigenvalue weighted by Crippen LogP contribution is 2.09. The summed E-state index contributed by atoms with van der Waals surface area (Å²) in [5.74, 6) is 0.710. The van der Waals surface area contributed by atoms with Gasteiger partial charge in [-0.2, -0.15) is 5.10 Å². The second-order valence-electron chi connectivity index (χ2n) is 7.26. The van der Waals surface area contributed by atoms with Crippen LogP contribution in [0.25, 0.3) is 5.69 Å². The molecule has 0 atom stereocenters. The van der Waals surface area contributed by atoms with Crippen LogP contribution in [0.2, 0.25) is 0 Å². The lowest BCUT2D eigenvalue weighted by Gasteiger charge is -2.19. The maximum absolute atomic E-state index is 11.6. The molecule has 1 amide bonds. The lowest BCUT2D eigenvalue weighted by molar-refractivity contribution is 0.0527. The molecular formula is C20H31IN6O2. The minimum absolute atomic E-state index is 0. The average molecular weight is 514 g/mol. The number of carbonyl (C=O) groups excluding carboxylic acids is 1. The number of aromatic nitrogens is 2. The van der Waals surface area contributed by atoms with Gasteiger partial charge in [0.2, 0.25) is 0 Å². The van der Waals surface area contributed by atoms with E-state index in [0.29, 0.717) is 25.6 Å². The van der Waals surface area contributed by atoms with E-state index in [9.17, 15) is 4.79 Å². The Morgan fingerprint density at radius 3 is 2.59 bits per heavy atom.